The molecule has 8 heteroatoms. The molecule has 26 heavy (non-hydrogen) atoms. The number of furan rings is 1. The second kappa shape index (κ2) is 9.09. The van der Waals surface area contributed by atoms with E-state index in [0.717, 1.165) is 12.1 Å². The molecule has 1 atom stereocenters. The average molecular weight is 391 g/mol. The van der Waals surface area contributed by atoms with Gasteiger partial charge in [-0.1, -0.05) is 19.1 Å². The summed E-state index contributed by atoms with van der Waals surface area (Å²) in [5.74, 6) is 0.690. The molecule has 0 bridgehead atoms. The number of halogens is 4. The van der Waals surface area contributed by atoms with E-state index in [1.54, 1.807) is 24.0 Å². The van der Waals surface area contributed by atoms with Crippen LogP contribution in [0, 0.1) is 5.92 Å². The number of alkyl halides is 3. The summed E-state index contributed by atoms with van der Waals surface area (Å²) in [6.07, 6.45) is -4.37. The molecule has 0 aliphatic heterocycles. The summed E-state index contributed by atoms with van der Waals surface area (Å²) >= 11 is 0. The van der Waals surface area contributed by atoms with Gasteiger partial charge in [0.2, 0.25) is 5.91 Å². The van der Waals surface area contributed by atoms with Crippen LogP contribution in [0.25, 0.3) is 11.3 Å². The minimum atomic E-state index is -4.37. The molecule has 1 aromatic heterocycles. The van der Waals surface area contributed by atoms with Crippen molar-refractivity contribution in [2.24, 2.45) is 11.7 Å². The molecule has 0 spiro atoms. The van der Waals surface area contributed by atoms with Crippen molar-refractivity contribution >= 4 is 18.3 Å². The van der Waals surface area contributed by atoms with Gasteiger partial charge in [-0.15, -0.1) is 12.4 Å². The van der Waals surface area contributed by atoms with Crippen molar-refractivity contribution in [3.63, 3.8) is 0 Å². The molecular weight excluding hydrogens is 369 g/mol. The first kappa shape index (κ1) is 22.1. The van der Waals surface area contributed by atoms with Crippen molar-refractivity contribution in [1.29, 1.82) is 0 Å². The Labute approximate surface area is 156 Å². The van der Waals surface area contributed by atoms with E-state index in [-0.39, 0.29) is 30.8 Å². The van der Waals surface area contributed by atoms with Gasteiger partial charge in [0.1, 0.15) is 11.5 Å². The largest absolute Gasteiger partial charge is 0.459 e. The maximum Gasteiger partial charge on any atom is 0.416 e. The van der Waals surface area contributed by atoms with Gasteiger partial charge in [0.05, 0.1) is 12.1 Å². The molecule has 0 aliphatic rings. The van der Waals surface area contributed by atoms with Crippen molar-refractivity contribution in [1.82, 2.24) is 4.90 Å². The van der Waals surface area contributed by atoms with Crippen LogP contribution in [0.1, 0.15) is 25.2 Å². The topological polar surface area (TPSA) is 59.5 Å². The van der Waals surface area contributed by atoms with E-state index in [4.69, 9.17) is 10.2 Å². The molecule has 0 saturated carbocycles. The summed E-state index contributed by atoms with van der Waals surface area (Å²) in [6.45, 7) is 4.70. The molecule has 0 fully saturated rings. The van der Waals surface area contributed by atoms with Crippen LogP contribution in [0.2, 0.25) is 0 Å². The van der Waals surface area contributed by atoms with Crippen LogP contribution in [0.15, 0.2) is 40.8 Å². The number of carbonyl (C=O) groups is 1. The van der Waals surface area contributed by atoms with E-state index < -0.39 is 11.7 Å². The normalized spacial score (nSPS) is 12.4. The highest BCUT2D eigenvalue weighted by molar-refractivity contribution is 5.85. The molecule has 144 valence electrons. The first-order chi connectivity index (χ1) is 11.8. The first-order valence-electron chi connectivity index (χ1n) is 8.01. The van der Waals surface area contributed by atoms with Crippen molar-refractivity contribution in [3.05, 3.63) is 47.7 Å². The lowest BCUT2D eigenvalue weighted by Gasteiger charge is -2.22. The second-order valence-electron chi connectivity index (χ2n) is 5.83. The van der Waals surface area contributed by atoms with Crippen LogP contribution in [0.5, 0.6) is 0 Å². The third kappa shape index (κ3) is 5.25. The summed E-state index contributed by atoms with van der Waals surface area (Å²) in [5, 5.41) is 0. The highest BCUT2D eigenvalue weighted by atomic mass is 35.5. The Kier molecular flexibility index (Phi) is 7.71. The van der Waals surface area contributed by atoms with Crippen molar-refractivity contribution in [2.45, 2.75) is 26.6 Å². The van der Waals surface area contributed by atoms with Crippen molar-refractivity contribution in [2.75, 3.05) is 13.1 Å². The molecule has 2 aromatic rings. The molecule has 0 saturated heterocycles. The van der Waals surface area contributed by atoms with Gasteiger partial charge in [-0.25, -0.2) is 0 Å². The summed E-state index contributed by atoms with van der Waals surface area (Å²) in [7, 11) is 0. The van der Waals surface area contributed by atoms with Gasteiger partial charge in [-0.3, -0.25) is 4.79 Å². The molecule has 1 heterocycles. The van der Waals surface area contributed by atoms with Gasteiger partial charge in [0, 0.05) is 24.6 Å². The molecule has 4 nitrogen and oxygen atoms in total. The Morgan fingerprint density at radius 3 is 2.31 bits per heavy atom. The average Bonchev–Trinajstić information content (AvgIpc) is 3.06. The zero-order valence-corrected chi connectivity index (χ0v) is 15.4. The number of hydrogen-bond donors (Lipinski definition) is 1. The molecule has 2 N–H and O–H groups in total. The third-order valence-electron chi connectivity index (χ3n) is 3.97. The number of nitrogens with two attached hydrogens (primary N) is 1. The highest BCUT2D eigenvalue weighted by Gasteiger charge is 2.30. The Morgan fingerprint density at radius 1 is 1.19 bits per heavy atom. The maximum absolute atomic E-state index is 12.6. The van der Waals surface area contributed by atoms with Crippen LogP contribution < -0.4 is 5.73 Å². The van der Waals surface area contributed by atoms with E-state index in [1.807, 2.05) is 6.92 Å². The van der Waals surface area contributed by atoms with Gasteiger partial charge in [0.15, 0.2) is 0 Å². The fourth-order valence-corrected chi connectivity index (χ4v) is 2.39. The Hall–Kier alpha value is -1.99. The predicted octanol–water partition coefficient (Wildman–Crippen LogP) is 4.33. The van der Waals surface area contributed by atoms with Gasteiger partial charge in [0.25, 0.3) is 0 Å². The summed E-state index contributed by atoms with van der Waals surface area (Å²) in [6, 6.07) is 8.17. The summed E-state index contributed by atoms with van der Waals surface area (Å²) < 4.78 is 43.5. The molecule has 0 aliphatic carbocycles. The lowest BCUT2D eigenvalue weighted by atomic mass is 10.1. The lowest BCUT2D eigenvalue weighted by molar-refractivity contribution is -0.137. The van der Waals surface area contributed by atoms with Crippen LogP contribution in [-0.4, -0.2) is 23.9 Å². The molecule has 1 aromatic carbocycles. The Bertz CT molecular complexity index is 714. The quantitative estimate of drug-likeness (QED) is 0.798. The molecule has 0 radical (unpaired) electrons. The van der Waals surface area contributed by atoms with Gasteiger partial charge >= 0.3 is 6.18 Å². The van der Waals surface area contributed by atoms with E-state index in [2.05, 4.69) is 0 Å². The Morgan fingerprint density at radius 2 is 1.81 bits per heavy atom. The molecule has 1 unspecified atom stereocenters. The summed E-state index contributed by atoms with van der Waals surface area (Å²) in [4.78, 5) is 13.8. The smallest absolute Gasteiger partial charge is 0.416 e. The van der Waals surface area contributed by atoms with E-state index in [1.165, 1.54) is 12.1 Å². The third-order valence-corrected chi connectivity index (χ3v) is 3.97. The molecule has 2 rings (SSSR count). The number of benzene rings is 1. The SMILES string of the molecule is CCN(Cc1ccc(-c2ccc(C(F)(F)F)cc2)o1)C(=O)C(C)CN.Cl. The number of carbonyl (C=O) groups excluding carboxylic acids is 1. The summed E-state index contributed by atoms with van der Waals surface area (Å²) in [5.41, 5.74) is 5.37. The zero-order chi connectivity index (χ0) is 18.6. The van der Waals surface area contributed by atoms with E-state index in [9.17, 15) is 18.0 Å². The second-order valence-corrected chi connectivity index (χ2v) is 5.83. The fraction of sp³-hybridized carbons (Fsp3) is 0.389. The van der Waals surface area contributed by atoms with E-state index in [0.29, 0.717) is 30.2 Å². The minimum Gasteiger partial charge on any atom is -0.459 e. The lowest BCUT2D eigenvalue weighted by Crippen LogP contribution is -2.37. The van der Waals surface area contributed by atoms with Crippen LogP contribution >= 0.6 is 12.4 Å². The number of nitrogens with zero attached hydrogens (tertiary/aromatic N) is 1. The van der Waals surface area contributed by atoms with Gasteiger partial charge in [-0.05, 0) is 31.2 Å². The van der Waals surface area contributed by atoms with Gasteiger partial charge in [-0.2, -0.15) is 13.2 Å². The number of rotatable bonds is 6. The Balaban J connectivity index is 0.00000338. The highest BCUT2D eigenvalue weighted by Crippen LogP contribution is 2.31. The first-order valence-corrected chi connectivity index (χ1v) is 8.01. The standard InChI is InChI=1S/C18H21F3N2O2.ClH/c1-3-23(17(24)12(2)10-22)11-15-8-9-16(25-15)13-4-6-14(7-5-13)18(19,20)21;/h4-9,12H,3,10-11,22H2,1-2H3;1H. The van der Waals surface area contributed by atoms with Crippen molar-refractivity contribution in [3.8, 4) is 11.3 Å². The van der Waals surface area contributed by atoms with E-state index >= 15 is 0 Å². The molecular formula is C18H22ClF3N2O2. The van der Waals surface area contributed by atoms with Crippen LogP contribution in [-0.2, 0) is 17.5 Å². The fourth-order valence-electron chi connectivity index (χ4n) is 2.39. The monoisotopic (exact) mass is 390 g/mol. The van der Waals surface area contributed by atoms with Crippen LogP contribution in [0.3, 0.4) is 0 Å². The van der Waals surface area contributed by atoms with Gasteiger partial charge < -0.3 is 15.1 Å². The zero-order valence-electron chi connectivity index (χ0n) is 14.5. The number of amides is 1. The van der Waals surface area contributed by atoms with Crippen LogP contribution in [0.4, 0.5) is 13.2 Å². The van der Waals surface area contributed by atoms with Crippen molar-refractivity contribution < 1.29 is 22.4 Å². The number of hydrogen-bond acceptors (Lipinski definition) is 3. The molecule has 1 amide bonds. The maximum atomic E-state index is 12.6. The minimum absolute atomic E-state index is 0. The predicted molar refractivity (Wildman–Crippen MR) is 95.7 cm³/mol.